The summed E-state index contributed by atoms with van der Waals surface area (Å²) in [6.07, 6.45) is 1.75. The van der Waals surface area contributed by atoms with Crippen LogP contribution >= 0.6 is 0 Å². The van der Waals surface area contributed by atoms with Gasteiger partial charge in [0.25, 0.3) is 0 Å². The van der Waals surface area contributed by atoms with E-state index in [1.165, 1.54) is 5.69 Å². The highest BCUT2D eigenvalue weighted by atomic mass is 16.6. The molecule has 2 aromatic heterocycles. The van der Waals surface area contributed by atoms with E-state index in [1.807, 2.05) is 37.4 Å². The number of anilines is 2. The van der Waals surface area contributed by atoms with Crippen LogP contribution in [0.5, 0.6) is 11.5 Å². The van der Waals surface area contributed by atoms with Gasteiger partial charge in [-0.25, -0.2) is 4.98 Å². The van der Waals surface area contributed by atoms with Crippen molar-refractivity contribution in [3.05, 3.63) is 41.6 Å². The van der Waals surface area contributed by atoms with Crippen molar-refractivity contribution in [1.29, 1.82) is 0 Å². The van der Waals surface area contributed by atoms with Crippen LogP contribution < -0.4 is 14.8 Å². The average molecular weight is 368 g/mol. The van der Waals surface area contributed by atoms with Crippen LogP contribution in [0, 0.1) is 0 Å². The maximum Gasteiger partial charge on any atom is 0.163 e. The quantitative estimate of drug-likeness (QED) is 0.766. The third kappa shape index (κ3) is 2.80. The highest BCUT2D eigenvalue weighted by molar-refractivity contribution is 5.84. The summed E-state index contributed by atoms with van der Waals surface area (Å²) in [5, 5.41) is 4.38. The Bertz CT molecular complexity index is 1110. The molecule has 0 bridgehead atoms. The molecule has 0 amide bonds. The Morgan fingerprint density at radius 3 is 3.00 bits per heavy atom. The van der Waals surface area contributed by atoms with Crippen LogP contribution in [0.25, 0.3) is 11.0 Å². The predicted octanol–water partition coefficient (Wildman–Crippen LogP) is 3.59. The van der Waals surface area contributed by atoms with Crippen LogP contribution in [0.4, 0.5) is 11.5 Å². The number of benzene rings is 1. The molecule has 6 nitrogen and oxygen atoms in total. The van der Waals surface area contributed by atoms with Crippen LogP contribution in [0.2, 0.25) is 0 Å². The lowest BCUT2D eigenvalue weighted by Crippen LogP contribution is -2.21. The first kappa shape index (κ1) is 13.4. The summed E-state index contributed by atoms with van der Waals surface area (Å²) >= 11 is 0. The van der Waals surface area contributed by atoms with Crippen molar-refractivity contribution in [2.75, 3.05) is 25.6 Å². The minimum atomic E-state index is -2.37. The molecule has 0 saturated carbocycles. The van der Waals surface area contributed by atoms with E-state index >= 15 is 0 Å². The van der Waals surface area contributed by atoms with Crippen molar-refractivity contribution < 1.29 is 18.3 Å². The topological polar surface area (TPSA) is 57.5 Å². The molecule has 2 aliphatic rings. The third-order valence-corrected chi connectivity index (χ3v) is 5.39. The van der Waals surface area contributed by atoms with Gasteiger partial charge in [0.2, 0.25) is 0 Å². The number of hydrogen-bond acceptors (Lipinski definition) is 5. The number of methoxy groups -OCH3 is 1. The molecule has 27 heavy (non-hydrogen) atoms. The van der Waals surface area contributed by atoms with Gasteiger partial charge < -0.3 is 24.1 Å². The standard InChI is InChI=1S/C21H23N3O3/c1-24-17-6-4-14(25-2)12-16(17)15-5-8-20(23-21(15)24)22-13-3-7-18-19(11-13)27-10-9-26-18/h3,5,7-8,11,14H,4,6,9-10,12H2,1-2H3,(H,22,23)/i2D3. The smallest absolute Gasteiger partial charge is 0.163 e. The van der Waals surface area contributed by atoms with Crippen LogP contribution in [0.15, 0.2) is 30.3 Å². The van der Waals surface area contributed by atoms with Crippen molar-refractivity contribution in [1.82, 2.24) is 9.55 Å². The minimum absolute atomic E-state index is 0.300. The highest BCUT2D eigenvalue weighted by Crippen LogP contribution is 2.35. The molecule has 1 atom stereocenters. The van der Waals surface area contributed by atoms with Gasteiger partial charge in [-0.3, -0.25) is 0 Å². The van der Waals surface area contributed by atoms with Crippen molar-refractivity contribution >= 4 is 22.5 Å². The summed E-state index contributed by atoms with van der Waals surface area (Å²) in [4.78, 5) is 4.81. The monoisotopic (exact) mass is 368 g/mol. The zero-order chi connectivity index (χ0) is 20.9. The molecule has 3 heterocycles. The molecule has 5 rings (SSSR count). The number of hydrogen-bond donors (Lipinski definition) is 1. The maximum atomic E-state index is 7.38. The van der Waals surface area contributed by atoms with Crippen LogP contribution in [0.1, 0.15) is 21.8 Å². The van der Waals surface area contributed by atoms with Crippen molar-refractivity contribution in [3.8, 4) is 11.5 Å². The van der Waals surface area contributed by atoms with E-state index in [2.05, 4.69) is 9.88 Å². The number of fused-ring (bicyclic) bond motifs is 4. The van der Waals surface area contributed by atoms with E-state index < -0.39 is 7.04 Å². The number of rotatable bonds is 3. The van der Waals surface area contributed by atoms with Gasteiger partial charge in [-0.1, -0.05) is 0 Å². The molecule has 0 radical (unpaired) electrons. The highest BCUT2D eigenvalue weighted by Gasteiger charge is 2.25. The minimum Gasteiger partial charge on any atom is -0.486 e. The fourth-order valence-corrected chi connectivity index (χ4v) is 4.04. The molecule has 1 N–H and O–H groups in total. The second-order valence-corrected chi connectivity index (χ2v) is 7.02. The van der Waals surface area contributed by atoms with Gasteiger partial charge in [0.15, 0.2) is 11.5 Å². The maximum absolute atomic E-state index is 7.38. The molecule has 1 aliphatic carbocycles. The Kier molecular flexibility index (Phi) is 3.22. The van der Waals surface area contributed by atoms with Gasteiger partial charge in [-0.2, -0.15) is 0 Å². The number of aromatic nitrogens is 2. The van der Waals surface area contributed by atoms with Crippen LogP contribution in [0.3, 0.4) is 0 Å². The van der Waals surface area contributed by atoms with E-state index in [-0.39, 0.29) is 6.10 Å². The zero-order valence-electron chi connectivity index (χ0n) is 18.1. The number of aryl methyl sites for hydroxylation is 1. The summed E-state index contributed by atoms with van der Waals surface area (Å²) in [5.74, 6) is 2.20. The van der Waals surface area contributed by atoms with E-state index in [1.54, 1.807) is 0 Å². The molecule has 1 aromatic carbocycles. The first-order chi connectivity index (χ1) is 14.4. The Morgan fingerprint density at radius 2 is 2.11 bits per heavy atom. The lowest BCUT2D eigenvalue weighted by molar-refractivity contribution is 0.0908. The largest absolute Gasteiger partial charge is 0.486 e. The van der Waals surface area contributed by atoms with Crippen molar-refractivity contribution in [3.63, 3.8) is 0 Å². The van der Waals surface area contributed by atoms with E-state index in [9.17, 15) is 0 Å². The average Bonchev–Trinajstić information content (AvgIpc) is 2.98. The third-order valence-electron chi connectivity index (χ3n) is 5.39. The lowest BCUT2D eigenvalue weighted by Gasteiger charge is -2.21. The molecule has 6 heteroatoms. The summed E-state index contributed by atoms with van der Waals surface area (Å²) in [6, 6.07) is 9.72. The fourth-order valence-electron chi connectivity index (χ4n) is 4.04. The molecule has 140 valence electrons. The van der Waals surface area contributed by atoms with Gasteiger partial charge in [0.1, 0.15) is 24.7 Å². The van der Waals surface area contributed by atoms with Crippen molar-refractivity contribution in [2.24, 2.45) is 7.05 Å². The lowest BCUT2D eigenvalue weighted by atomic mass is 9.93. The summed E-state index contributed by atoms with van der Waals surface area (Å²) in [7, 11) is -0.362. The molecule has 0 saturated heterocycles. The molecular weight excluding hydrogens is 342 g/mol. The Labute approximate surface area is 162 Å². The van der Waals surface area contributed by atoms with Crippen molar-refractivity contribution in [2.45, 2.75) is 25.4 Å². The second-order valence-electron chi connectivity index (χ2n) is 7.02. The number of nitrogens with one attached hydrogen (secondary N) is 1. The molecule has 1 unspecified atom stereocenters. The predicted molar refractivity (Wildman–Crippen MR) is 104 cm³/mol. The Balaban J connectivity index is 1.42. The van der Waals surface area contributed by atoms with Crippen LogP contribution in [-0.2, 0) is 24.6 Å². The number of pyridine rings is 1. The van der Waals surface area contributed by atoms with E-state index in [0.29, 0.717) is 26.1 Å². The summed E-state index contributed by atoms with van der Waals surface area (Å²) < 4.78 is 40.7. The fraction of sp³-hybridized carbons (Fsp3) is 0.381. The van der Waals surface area contributed by atoms with E-state index in [0.717, 1.165) is 46.0 Å². The van der Waals surface area contributed by atoms with Gasteiger partial charge in [-0.15, -0.1) is 0 Å². The molecule has 0 spiro atoms. The molecule has 1 aliphatic heterocycles. The SMILES string of the molecule is [2H]C([2H])([2H])OC1CCc2c(c3ccc(Nc4ccc5c(c4)OCCO5)nc3n2C)C1. The Hall–Kier alpha value is -2.73. The first-order valence-electron chi connectivity index (χ1n) is 10.7. The van der Waals surface area contributed by atoms with Crippen LogP contribution in [-0.4, -0.2) is 35.9 Å². The summed E-state index contributed by atoms with van der Waals surface area (Å²) in [6.45, 7) is 1.11. The summed E-state index contributed by atoms with van der Waals surface area (Å²) in [5.41, 5.74) is 4.07. The molecule has 0 fully saturated rings. The molecular formula is C21H23N3O3. The van der Waals surface area contributed by atoms with Gasteiger partial charge in [-0.05, 0) is 42.7 Å². The zero-order valence-corrected chi connectivity index (χ0v) is 15.1. The first-order valence-corrected chi connectivity index (χ1v) is 9.19. The van der Waals surface area contributed by atoms with Gasteiger partial charge >= 0.3 is 0 Å². The second kappa shape index (κ2) is 6.46. The normalized spacial score (nSPS) is 20.5. The number of nitrogens with zero attached hydrogens (tertiary/aromatic N) is 2. The van der Waals surface area contributed by atoms with Gasteiger partial charge in [0.05, 0.1) is 10.2 Å². The number of ether oxygens (including phenoxy) is 3. The molecule has 3 aromatic rings. The Morgan fingerprint density at radius 1 is 1.22 bits per heavy atom. The van der Waals surface area contributed by atoms with E-state index in [4.69, 9.17) is 23.3 Å². The van der Waals surface area contributed by atoms with Gasteiger partial charge in [0, 0.05) is 43.3 Å².